The lowest BCUT2D eigenvalue weighted by Crippen LogP contribution is -2.41. The molecule has 1 unspecified atom stereocenters. The molecule has 0 radical (unpaired) electrons. The van der Waals surface area contributed by atoms with Crippen molar-refractivity contribution in [2.45, 2.75) is 18.9 Å². The van der Waals surface area contributed by atoms with Gasteiger partial charge in [0.2, 0.25) is 5.91 Å². The maximum atomic E-state index is 11.1. The van der Waals surface area contributed by atoms with E-state index in [1.54, 1.807) is 0 Å². The molecule has 1 saturated heterocycles. The average Bonchev–Trinajstić information content (AvgIpc) is 2.42. The third-order valence-electron chi connectivity index (χ3n) is 3.27. The van der Waals surface area contributed by atoms with Crippen LogP contribution in [-0.2, 0) is 4.79 Å². The smallest absolute Gasteiger partial charge is 0.220 e. The number of rotatable bonds is 2. The van der Waals surface area contributed by atoms with E-state index in [1.807, 2.05) is 30.5 Å². The first-order valence-corrected chi connectivity index (χ1v) is 6.20. The summed E-state index contributed by atoms with van der Waals surface area (Å²) in [5, 5.41) is 7.50. The minimum absolute atomic E-state index is 0.146. The van der Waals surface area contributed by atoms with Gasteiger partial charge in [0.1, 0.15) is 0 Å². The molecule has 3 rings (SSSR count). The molecule has 1 atom stereocenters. The zero-order valence-corrected chi connectivity index (χ0v) is 10.0. The molecule has 1 amide bonds. The van der Waals surface area contributed by atoms with E-state index in [9.17, 15) is 4.79 Å². The van der Waals surface area contributed by atoms with Crippen LogP contribution in [0, 0.1) is 0 Å². The first kappa shape index (κ1) is 11.0. The predicted octanol–water partition coefficient (Wildman–Crippen LogP) is 1.93. The van der Waals surface area contributed by atoms with Gasteiger partial charge in [0.25, 0.3) is 0 Å². The van der Waals surface area contributed by atoms with Crippen LogP contribution in [-0.4, -0.2) is 23.5 Å². The standard InChI is InChI=1S/C14H15N3O/c18-14-6-5-10(9-16-14)17-13-7-8-15-12-4-2-1-3-11(12)13/h1-4,7-8,10H,5-6,9H2,(H,15,17)(H,16,18). The molecular formula is C14H15N3O. The number of hydrogen-bond acceptors (Lipinski definition) is 3. The van der Waals surface area contributed by atoms with Gasteiger partial charge in [-0.1, -0.05) is 18.2 Å². The number of piperidine rings is 1. The fraction of sp³-hybridized carbons (Fsp3) is 0.286. The number of fused-ring (bicyclic) bond motifs is 1. The van der Waals surface area contributed by atoms with Gasteiger partial charge in [-0.2, -0.15) is 0 Å². The minimum atomic E-state index is 0.146. The van der Waals surface area contributed by atoms with Gasteiger partial charge in [-0.3, -0.25) is 9.78 Å². The van der Waals surface area contributed by atoms with Crippen LogP contribution >= 0.6 is 0 Å². The lowest BCUT2D eigenvalue weighted by atomic mass is 10.1. The number of nitrogens with one attached hydrogen (secondary N) is 2. The molecule has 0 bridgehead atoms. The molecule has 4 heteroatoms. The molecule has 0 aliphatic carbocycles. The molecule has 1 aromatic heterocycles. The first-order valence-electron chi connectivity index (χ1n) is 6.20. The van der Waals surface area contributed by atoms with Crippen LogP contribution in [0.4, 0.5) is 5.69 Å². The number of carbonyl (C=O) groups is 1. The van der Waals surface area contributed by atoms with Gasteiger partial charge in [-0.15, -0.1) is 0 Å². The summed E-state index contributed by atoms with van der Waals surface area (Å²) in [5.41, 5.74) is 2.07. The molecule has 1 aliphatic heterocycles. The van der Waals surface area contributed by atoms with Crippen molar-refractivity contribution in [3.05, 3.63) is 36.5 Å². The molecule has 1 aliphatic rings. The zero-order valence-electron chi connectivity index (χ0n) is 10.0. The van der Waals surface area contributed by atoms with Gasteiger partial charge in [0.05, 0.1) is 5.52 Å². The van der Waals surface area contributed by atoms with Crippen LogP contribution in [0.25, 0.3) is 10.9 Å². The van der Waals surface area contributed by atoms with Crippen molar-refractivity contribution >= 4 is 22.5 Å². The summed E-state index contributed by atoms with van der Waals surface area (Å²) in [6.45, 7) is 0.690. The topological polar surface area (TPSA) is 54.0 Å². The quantitative estimate of drug-likeness (QED) is 0.844. The fourth-order valence-corrected chi connectivity index (χ4v) is 2.30. The first-order chi connectivity index (χ1) is 8.83. The summed E-state index contributed by atoms with van der Waals surface area (Å²) in [4.78, 5) is 15.5. The molecular weight excluding hydrogens is 226 g/mol. The largest absolute Gasteiger partial charge is 0.380 e. The minimum Gasteiger partial charge on any atom is -0.380 e. The Labute approximate surface area is 105 Å². The van der Waals surface area contributed by atoms with Gasteiger partial charge in [-0.25, -0.2) is 0 Å². The highest BCUT2D eigenvalue weighted by molar-refractivity contribution is 5.91. The van der Waals surface area contributed by atoms with Gasteiger partial charge in [0, 0.05) is 36.3 Å². The molecule has 0 saturated carbocycles. The maximum absolute atomic E-state index is 11.1. The number of nitrogens with zero attached hydrogens (tertiary/aromatic N) is 1. The number of carbonyl (C=O) groups excluding carboxylic acids is 1. The number of aromatic nitrogens is 1. The number of pyridine rings is 1. The number of anilines is 1. The van der Waals surface area contributed by atoms with Gasteiger partial charge < -0.3 is 10.6 Å². The van der Waals surface area contributed by atoms with Crippen molar-refractivity contribution < 1.29 is 4.79 Å². The monoisotopic (exact) mass is 241 g/mol. The van der Waals surface area contributed by atoms with Gasteiger partial charge in [-0.05, 0) is 18.6 Å². The Bertz CT molecular complexity index is 567. The third kappa shape index (κ3) is 2.14. The van der Waals surface area contributed by atoms with Crippen molar-refractivity contribution in [3.8, 4) is 0 Å². The van der Waals surface area contributed by atoms with E-state index in [-0.39, 0.29) is 5.91 Å². The second-order valence-corrected chi connectivity index (χ2v) is 4.56. The SMILES string of the molecule is O=C1CCC(Nc2ccnc3ccccc23)CN1. The lowest BCUT2D eigenvalue weighted by Gasteiger charge is -2.25. The molecule has 4 nitrogen and oxygen atoms in total. The van der Waals surface area contributed by atoms with E-state index in [0.29, 0.717) is 19.0 Å². The number of hydrogen-bond donors (Lipinski definition) is 2. The molecule has 0 spiro atoms. The van der Waals surface area contributed by atoms with Gasteiger partial charge in [0.15, 0.2) is 0 Å². The summed E-state index contributed by atoms with van der Waals surface area (Å²) in [5.74, 6) is 0.146. The number of amides is 1. The van der Waals surface area contributed by atoms with E-state index >= 15 is 0 Å². The van der Waals surface area contributed by atoms with Crippen molar-refractivity contribution in [2.75, 3.05) is 11.9 Å². The fourth-order valence-electron chi connectivity index (χ4n) is 2.30. The Morgan fingerprint density at radius 2 is 2.17 bits per heavy atom. The molecule has 1 aromatic carbocycles. The highest BCUT2D eigenvalue weighted by Crippen LogP contribution is 2.22. The summed E-state index contributed by atoms with van der Waals surface area (Å²) in [6, 6.07) is 10.3. The molecule has 2 aromatic rings. The van der Waals surface area contributed by atoms with E-state index in [1.165, 1.54) is 0 Å². The highest BCUT2D eigenvalue weighted by atomic mass is 16.1. The third-order valence-corrected chi connectivity index (χ3v) is 3.27. The van der Waals surface area contributed by atoms with Crippen LogP contribution in [0.15, 0.2) is 36.5 Å². The summed E-state index contributed by atoms with van der Waals surface area (Å²) < 4.78 is 0. The van der Waals surface area contributed by atoms with Crippen molar-refractivity contribution in [2.24, 2.45) is 0 Å². The van der Waals surface area contributed by atoms with E-state index < -0.39 is 0 Å². The van der Waals surface area contributed by atoms with Crippen molar-refractivity contribution in [1.29, 1.82) is 0 Å². The van der Waals surface area contributed by atoms with E-state index in [2.05, 4.69) is 21.7 Å². The molecule has 18 heavy (non-hydrogen) atoms. The Balaban J connectivity index is 1.84. The van der Waals surface area contributed by atoms with Crippen LogP contribution < -0.4 is 10.6 Å². The van der Waals surface area contributed by atoms with Crippen molar-refractivity contribution in [1.82, 2.24) is 10.3 Å². The Morgan fingerprint density at radius 1 is 1.28 bits per heavy atom. The second-order valence-electron chi connectivity index (χ2n) is 4.56. The molecule has 92 valence electrons. The van der Waals surface area contributed by atoms with Crippen LogP contribution in [0.1, 0.15) is 12.8 Å². The highest BCUT2D eigenvalue weighted by Gasteiger charge is 2.18. The van der Waals surface area contributed by atoms with E-state index in [0.717, 1.165) is 23.0 Å². The number of benzene rings is 1. The predicted molar refractivity (Wildman–Crippen MR) is 71.4 cm³/mol. The Kier molecular flexibility index (Phi) is 2.84. The van der Waals surface area contributed by atoms with Crippen LogP contribution in [0.3, 0.4) is 0 Å². The summed E-state index contributed by atoms with van der Waals surface area (Å²) in [6.07, 6.45) is 3.29. The molecule has 2 heterocycles. The summed E-state index contributed by atoms with van der Waals surface area (Å²) >= 11 is 0. The van der Waals surface area contributed by atoms with Crippen LogP contribution in [0.5, 0.6) is 0 Å². The van der Waals surface area contributed by atoms with E-state index in [4.69, 9.17) is 0 Å². The van der Waals surface area contributed by atoms with Crippen molar-refractivity contribution in [3.63, 3.8) is 0 Å². The maximum Gasteiger partial charge on any atom is 0.220 e. The normalized spacial score (nSPS) is 19.6. The average molecular weight is 241 g/mol. The van der Waals surface area contributed by atoms with Gasteiger partial charge >= 0.3 is 0 Å². The zero-order chi connectivity index (χ0) is 12.4. The summed E-state index contributed by atoms with van der Waals surface area (Å²) in [7, 11) is 0. The lowest BCUT2D eigenvalue weighted by molar-refractivity contribution is -0.122. The van der Waals surface area contributed by atoms with Crippen LogP contribution in [0.2, 0.25) is 0 Å². The Morgan fingerprint density at radius 3 is 3.00 bits per heavy atom. The Hall–Kier alpha value is -2.10. The second kappa shape index (κ2) is 4.64. The number of para-hydroxylation sites is 1. The molecule has 1 fully saturated rings. The molecule has 2 N–H and O–H groups in total.